The summed E-state index contributed by atoms with van der Waals surface area (Å²) in [7, 11) is 0. The summed E-state index contributed by atoms with van der Waals surface area (Å²) >= 11 is 0. The molecule has 20 nitrogen and oxygen atoms in total. The van der Waals surface area contributed by atoms with Crippen LogP contribution < -0.4 is 39.7 Å². The molecular formula is C51H60F6N10O10. The summed E-state index contributed by atoms with van der Waals surface area (Å²) in [5.74, 6) is -4.12. The number of anilines is 6. The van der Waals surface area contributed by atoms with Gasteiger partial charge in [0.05, 0.1) is 48.5 Å². The van der Waals surface area contributed by atoms with Crippen LogP contribution in [0.5, 0.6) is 11.5 Å². The summed E-state index contributed by atoms with van der Waals surface area (Å²) in [5, 5.41) is 23.9. The summed E-state index contributed by atoms with van der Waals surface area (Å²) in [4.78, 5) is 76.8. The first-order chi connectivity index (χ1) is 36.3. The molecule has 4 amide bonds. The second-order valence-electron chi connectivity index (χ2n) is 20.2. The fraction of sp³-hybridized carbons (Fsp3) is 0.529. The molecule has 0 aromatic carbocycles. The number of ketones is 2. The molecule has 26 heteroatoms. The number of fused-ring (bicyclic) bond motifs is 8. The van der Waals surface area contributed by atoms with Crippen molar-refractivity contribution in [3.8, 4) is 11.5 Å². The Morgan fingerprint density at radius 2 is 1.21 bits per heavy atom. The number of aliphatic hydroxyl groups is 2. The standard InChI is InChI=1S/C27H32F3N5O5.C24H28F3N5O5/c1-15-9-20-24(33-23(15)21(36)10-16(2)27(28,29)30)35(17-6-8-34(20)12-17)25(37)32-22-11-18(5-7-31-22)38-13-19-14-39-26(3,4)40-19;1-13-7-18-22(30-21(13)19(35)8-14(2)24(25,26)27)32(15-4-6-31(18)10-15)23(36)29-20-9-17(3-5-28-20)37-12-16(34)11-33/h5,7,9,11,16-17,19H,6,8,10,12-14H2,1-4H3,(H,31,32,37);3,5,7,9,14-16,33-34H,4,6,8,10-12H2,1-2H3,(H,28,29,36)/t16-,17-,19-;14-,15-,16+/m00/s1. The average molecular weight is 1090 g/mol. The van der Waals surface area contributed by atoms with E-state index in [1.165, 1.54) is 34.3 Å². The van der Waals surface area contributed by atoms with Crippen molar-refractivity contribution in [3.63, 3.8) is 0 Å². The highest BCUT2D eigenvalue weighted by Gasteiger charge is 2.45. The lowest BCUT2D eigenvalue weighted by Crippen LogP contribution is -2.48. The number of nitrogens with one attached hydrogen (secondary N) is 2. The van der Waals surface area contributed by atoms with E-state index in [2.05, 4.69) is 35.5 Å². The maximum atomic E-state index is 13.5. The zero-order chi connectivity index (χ0) is 55.7. The number of ether oxygens (including phenoxy) is 4. The SMILES string of the molecule is Cc1cc2c(nc1C(=O)C[C@H](C)C(F)(F)F)N(C(=O)Nc1cc(OC[C@H](O)CO)ccn1)[C@H]1CCN2C1.Cc1cc2c(nc1C(=O)C[C@H](C)C(F)(F)F)N(C(=O)Nc1cc(OC[C@H]3COC(C)(C)O3)ccn1)[C@H]1CCN2C1. The van der Waals surface area contributed by atoms with Crippen molar-refractivity contribution in [3.05, 3.63) is 71.3 Å². The number of amides is 4. The lowest BCUT2D eigenvalue weighted by Gasteiger charge is -2.36. The Balaban J connectivity index is 0.000000204. The molecule has 6 atom stereocenters. The molecule has 0 spiro atoms. The number of carbonyl (C=O) groups excluding carboxylic acids is 4. The van der Waals surface area contributed by atoms with Crippen molar-refractivity contribution in [2.75, 3.05) is 82.8 Å². The fourth-order valence-electron chi connectivity index (χ4n) is 9.51. The fourth-order valence-corrected chi connectivity index (χ4v) is 9.51. The maximum absolute atomic E-state index is 13.5. The van der Waals surface area contributed by atoms with E-state index in [9.17, 15) is 50.6 Å². The highest BCUT2D eigenvalue weighted by Crippen LogP contribution is 2.43. The van der Waals surface area contributed by atoms with Gasteiger partial charge in [0.1, 0.15) is 59.9 Å². The number of pyridine rings is 4. The monoisotopic (exact) mass is 1090 g/mol. The molecular weight excluding hydrogens is 1030 g/mol. The van der Waals surface area contributed by atoms with Gasteiger partial charge in [0, 0.05) is 63.5 Å². The van der Waals surface area contributed by atoms with Gasteiger partial charge in [-0.2, -0.15) is 26.3 Å². The van der Waals surface area contributed by atoms with Crippen LogP contribution in [-0.2, 0) is 9.47 Å². The van der Waals surface area contributed by atoms with Gasteiger partial charge in [-0.25, -0.2) is 29.5 Å². The minimum Gasteiger partial charge on any atom is -0.491 e. The number of nitrogens with zero attached hydrogens (tertiary/aromatic N) is 8. The van der Waals surface area contributed by atoms with Crippen LogP contribution in [0, 0.1) is 25.7 Å². The first kappa shape index (κ1) is 56.3. The highest BCUT2D eigenvalue weighted by atomic mass is 19.4. The number of hydrogen-bond acceptors (Lipinski definition) is 16. The van der Waals surface area contributed by atoms with Crippen LogP contribution in [0.2, 0.25) is 0 Å². The van der Waals surface area contributed by atoms with Gasteiger partial charge in [-0.3, -0.25) is 30.0 Å². The molecule has 3 saturated heterocycles. The van der Waals surface area contributed by atoms with Gasteiger partial charge < -0.3 is 39.0 Å². The van der Waals surface area contributed by atoms with Crippen molar-refractivity contribution in [2.45, 2.75) is 110 Å². The van der Waals surface area contributed by atoms with E-state index >= 15 is 0 Å². The number of aliphatic hydroxyl groups excluding tert-OH is 2. The summed E-state index contributed by atoms with van der Waals surface area (Å²) in [6, 6.07) is 8.08. The van der Waals surface area contributed by atoms with E-state index in [1.807, 2.05) is 18.7 Å². The van der Waals surface area contributed by atoms with Gasteiger partial charge in [0.2, 0.25) is 0 Å². The Morgan fingerprint density at radius 3 is 1.62 bits per heavy atom. The Kier molecular flexibility index (Phi) is 16.5. The third-order valence-corrected chi connectivity index (χ3v) is 13.7. The van der Waals surface area contributed by atoms with Gasteiger partial charge in [-0.15, -0.1) is 0 Å². The molecule has 0 aliphatic carbocycles. The second kappa shape index (κ2) is 22.6. The number of urea groups is 2. The van der Waals surface area contributed by atoms with Gasteiger partial charge in [0.15, 0.2) is 29.0 Å². The highest BCUT2D eigenvalue weighted by molar-refractivity contribution is 6.07. The lowest BCUT2D eigenvalue weighted by molar-refractivity contribution is -0.169. The van der Waals surface area contributed by atoms with Crippen molar-refractivity contribution in [2.24, 2.45) is 11.8 Å². The molecule has 77 heavy (non-hydrogen) atoms. The van der Waals surface area contributed by atoms with Crippen LogP contribution >= 0.6 is 0 Å². The number of aromatic nitrogens is 4. The van der Waals surface area contributed by atoms with Crippen LogP contribution in [0.25, 0.3) is 0 Å². The Morgan fingerprint density at radius 1 is 0.753 bits per heavy atom. The molecule has 4 N–H and O–H groups in total. The third kappa shape index (κ3) is 13.1. The Labute approximate surface area is 439 Å². The minimum atomic E-state index is -4.50. The van der Waals surface area contributed by atoms with Crippen molar-refractivity contribution >= 4 is 58.3 Å². The quantitative estimate of drug-likeness (QED) is 0.0662. The predicted octanol–water partition coefficient (Wildman–Crippen LogP) is 7.64. The van der Waals surface area contributed by atoms with E-state index in [-0.39, 0.29) is 66.1 Å². The molecule has 3 fully saturated rings. The minimum absolute atomic E-state index is 0.0649. The molecule has 9 rings (SSSR count). The average Bonchev–Trinajstić information content (AvgIpc) is 4.11. The molecule has 5 aliphatic heterocycles. The van der Waals surface area contributed by atoms with E-state index < -0.39 is 79.2 Å². The van der Waals surface area contributed by atoms with E-state index in [1.54, 1.807) is 38.1 Å². The number of carbonyl (C=O) groups is 4. The van der Waals surface area contributed by atoms with Gasteiger partial charge in [-0.05, 0) is 75.9 Å². The van der Waals surface area contributed by atoms with E-state index in [4.69, 9.17) is 24.1 Å². The molecule has 0 radical (unpaired) electrons. The number of Topliss-reactive ketones (excluding diaryl/α,β-unsaturated/α-hetero) is 2. The first-order valence-corrected chi connectivity index (χ1v) is 25.0. The lowest BCUT2D eigenvalue weighted by atomic mass is 9.99. The molecule has 0 saturated carbocycles. The molecule has 9 heterocycles. The van der Waals surface area contributed by atoms with Crippen molar-refractivity contribution < 1.29 is 74.7 Å². The van der Waals surface area contributed by atoms with Crippen LogP contribution in [0.15, 0.2) is 48.8 Å². The smallest absolute Gasteiger partial charge is 0.391 e. The van der Waals surface area contributed by atoms with E-state index in [0.29, 0.717) is 79.6 Å². The van der Waals surface area contributed by atoms with Crippen LogP contribution in [-0.4, -0.2) is 149 Å². The zero-order valence-electron chi connectivity index (χ0n) is 43.1. The number of rotatable bonds is 15. The topological polar surface area (TPSA) is 234 Å². The number of halogens is 6. The second-order valence-corrected chi connectivity index (χ2v) is 20.2. The van der Waals surface area contributed by atoms with Crippen LogP contribution in [0.1, 0.15) is 85.5 Å². The predicted molar refractivity (Wildman–Crippen MR) is 268 cm³/mol. The summed E-state index contributed by atoms with van der Waals surface area (Å²) in [6.45, 7) is 11.4. The Hall–Kier alpha value is -6.90. The van der Waals surface area contributed by atoms with Crippen LogP contribution in [0.3, 0.4) is 0 Å². The van der Waals surface area contributed by atoms with Gasteiger partial charge in [-0.1, -0.05) is 13.8 Å². The molecule has 0 unspecified atom stereocenters. The molecule has 416 valence electrons. The number of alkyl halides is 6. The Bertz CT molecular complexity index is 2860. The molecule has 5 aliphatic rings. The van der Waals surface area contributed by atoms with E-state index in [0.717, 1.165) is 13.8 Å². The molecule has 4 aromatic rings. The third-order valence-electron chi connectivity index (χ3n) is 13.7. The van der Waals surface area contributed by atoms with Crippen molar-refractivity contribution in [1.82, 2.24) is 19.9 Å². The van der Waals surface area contributed by atoms with Gasteiger partial charge >= 0.3 is 24.4 Å². The normalized spacial score (nSPS) is 20.3. The summed E-state index contributed by atoms with van der Waals surface area (Å²) < 4.78 is 101. The van der Waals surface area contributed by atoms with Crippen molar-refractivity contribution in [1.29, 1.82) is 0 Å². The largest absolute Gasteiger partial charge is 0.491 e. The molecule has 4 aromatic heterocycles. The van der Waals surface area contributed by atoms with Crippen LogP contribution in [0.4, 0.5) is 70.6 Å². The zero-order valence-corrected chi connectivity index (χ0v) is 43.1. The number of aryl methyl sites for hydroxylation is 2. The summed E-state index contributed by atoms with van der Waals surface area (Å²) in [5.41, 5.74) is 2.05. The number of hydrogen-bond donors (Lipinski definition) is 4. The first-order valence-electron chi connectivity index (χ1n) is 25.0. The maximum Gasteiger partial charge on any atom is 0.391 e. The molecule has 4 bridgehead atoms. The summed E-state index contributed by atoms with van der Waals surface area (Å²) in [6.07, 6.45) is -7.53. The van der Waals surface area contributed by atoms with Gasteiger partial charge in [0.25, 0.3) is 0 Å².